The van der Waals surface area contributed by atoms with Gasteiger partial charge in [-0.15, -0.1) is 11.3 Å². The number of likely N-dealkylation sites (tertiary alicyclic amines) is 1. The average molecular weight is 799 g/mol. The van der Waals surface area contributed by atoms with Gasteiger partial charge < -0.3 is 26.0 Å². The van der Waals surface area contributed by atoms with Crippen LogP contribution in [-0.2, 0) is 0 Å². The smallest absolute Gasteiger partial charge is 0.344 e. The number of thiophene rings is 1. The molecule has 3 atom stereocenters. The van der Waals surface area contributed by atoms with E-state index in [2.05, 4.69) is 19.9 Å². The largest absolute Gasteiger partial charge is 0.467 e. The monoisotopic (exact) mass is 798 g/mol. The van der Waals surface area contributed by atoms with Crippen LogP contribution in [0.3, 0.4) is 0 Å². The second-order valence-electron chi connectivity index (χ2n) is 13.6. The first-order valence-electron chi connectivity index (χ1n) is 17.1. The van der Waals surface area contributed by atoms with E-state index >= 15 is 13.2 Å². The van der Waals surface area contributed by atoms with Gasteiger partial charge in [-0.2, -0.15) is 20.5 Å². The number of methoxy groups -OCH3 is 1. The van der Waals surface area contributed by atoms with Crippen molar-refractivity contribution in [3.63, 3.8) is 0 Å². The van der Waals surface area contributed by atoms with Crippen LogP contribution in [0.15, 0.2) is 35.0 Å². The van der Waals surface area contributed by atoms with Crippen LogP contribution in [0.5, 0.6) is 6.01 Å². The predicted octanol–water partition coefficient (Wildman–Crippen LogP) is 6.55. The molecule has 4 N–H and O–H groups in total. The van der Waals surface area contributed by atoms with E-state index in [0.29, 0.717) is 12.6 Å². The van der Waals surface area contributed by atoms with Gasteiger partial charge in [-0.05, 0) is 49.9 Å². The van der Waals surface area contributed by atoms with Crippen molar-refractivity contribution in [3.8, 4) is 29.3 Å². The van der Waals surface area contributed by atoms with E-state index in [4.69, 9.17) is 33.1 Å². The Labute approximate surface area is 320 Å². The standard InChI is InChI=1S/C29H20ClF4N9O2S.C7H12FN/c1-45-26-40-22-15(6-17(30)20(21(22)32)14-2-3-18(31)23-19(14)16(9-37)24(38)46-23)25(41-26)42-5-4-28(11-42)29(33,34)12-43(28)27(44)39-10-13(7-35)8-36;8-6-4-7-2-1-3-9(7)5-6/h2-3,6-7,10H,4-5,11-12,35,38H2,1H3;6-7H,1-5H2/b13-7-,39-10+;. The molecule has 6 heterocycles. The molecule has 1 spiro atoms. The Morgan fingerprint density at radius 2 is 2.00 bits per heavy atom. The molecule has 19 heteroatoms. The summed E-state index contributed by atoms with van der Waals surface area (Å²) in [5.74, 6) is -4.90. The van der Waals surface area contributed by atoms with Crippen LogP contribution in [0.25, 0.3) is 32.1 Å². The summed E-state index contributed by atoms with van der Waals surface area (Å²) < 4.78 is 79.5. The highest BCUT2D eigenvalue weighted by Gasteiger charge is 2.71. The van der Waals surface area contributed by atoms with E-state index < -0.39 is 48.4 Å². The van der Waals surface area contributed by atoms with E-state index in [1.54, 1.807) is 6.07 Å². The molecule has 2 amide bonds. The van der Waals surface area contributed by atoms with Gasteiger partial charge in [-0.1, -0.05) is 17.7 Å². The molecule has 4 aliphatic rings. The topological polar surface area (TPSA) is 174 Å². The van der Waals surface area contributed by atoms with Crippen molar-refractivity contribution in [1.29, 1.82) is 10.5 Å². The number of nitrogens with zero attached hydrogens (tertiary/aromatic N) is 8. The molecule has 4 aromatic rings. The molecule has 2 aromatic carbocycles. The number of carbonyl (C=O) groups excluding carboxylic acids is 1. The molecule has 286 valence electrons. The first kappa shape index (κ1) is 38.0. The van der Waals surface area contributed by atoms with Crippen LogP contribution in [0.1, 0.15) is 31.2 Å². The number of nitrogens with two attached hydrogens (primary N) is 2. The fourth-order valence-corrected chi connectivity index (χ4v) is 9.17. The lowest BCUT2D eigenvalue weighted by molar-refractivity contribution is -0.213. The van der Waals surface area contributed by atoms with Crippen molar-refractivity contribution >= 4 is 67.0 Å². The van der Waals surface area contributed by atoms with Gasteiger partial charge in [0.15, 0.2) is 5.82 Å². The molecule has 2 aromatic heterocycles. The van der Waals surface area contributed by atoms with Crippen molar-refractivity contribution in [2.24, 2.45) is 10.7 Å². The van der Waals surface area contributed by atoms with E-state index in [1.165, 1.54) is 37.0 Å². The maximum Gasteiger partial charge on any atom is 0.344 e. The average Bonchev–Trinajstić information content (AvgIpc) is 3.96. The number of fused-ring (bicyclic) bond motifs is 3. The van der Waals surface area contributed by atoms with Crippen molar-refractivity contribution in [2.45, 2.75) is 49.4 Å². The Kier molecular flexibility index (Phi) is 9.95. The molecule has 0 bridgehead atoms. The summed E-state index contributed by atoms with van der Waals surface area (Å²) >= 11 is 7.49. The van der Waals surface area contributed by atoms with Gasteiger partial charge in [-0.3, -0.25) is 4.90 Å². The minimum atomic E-state index is -3.30. The summed E-state index contributed by atoms with van der Waals surface area (Å²) in [5, 5.41) is 18.7. The number of aliphatic imine (C=N–C) groups is 1. The zero-order valence-corrected chi connectivity index (χ0v) is 30.7. The third kappa shape index (κ3) is 6.31. The number of carbonyl (C=O) groups is 1. The minimum absolute atomic E-state index is 0.0178. The predicted molar refractivity (Wildman–Crippen MR) is 198 cm³/mol. The van der Waals surface area contributed by atoms with Crippen LogP contribution < -0.4 is 21.1 Å². The number of amides is 2. The number of alkyl halides is 3. The molecule has 3 unspecified atom stereocenters. The number of rotatable bonds is 4. The lowest BCUT2D eigenvalue weighted by Gasteiger charge is -2.55. The second kappa shape index (κ2) is 14.4. The maximum absolute atomic E-state index is 16.5. The van der Waals surface area contributed by atoms with E-state index in [1.807, 2.05) is 6.07 Å². The number of hydrogen-bond acceptors (Lipinski definition) is 11. The van der Waals surface area contributed by atoms with Crippen LogP contribution in [0.2, 0.25) is 5.02 Å². The maximum atomic E-state index is 16.5. The number of aromatic nitrogens is 2. The van der Waals surface area contributed by atoms with E-state index in [9.17, 15) is 18.8 Å². The second-order valence-corrected chi connectivity index (χ2v) is 15.1. The number of allylic oxidation sites excluding steroid dienone is 1. The number of nitriles is 2. The fourth-order valence-electron chi connectivity index (χ4n) is 7.93. The van der Waals surface area contributed by atoms with Crippen LogP contribution >= 0.6 is 22.9 Å². The number of ether oxygens (including phenoxy) is 1. The molecule has 0 saturated carbocycles. The van der Waals surface area contributed by atoms with Gasteiger partial charge in [0.2, 0.25) is 0 Å². The minimum Gasteiger partial charge on any atom is -0.467 e. The number of nitrogen functional groups attached to an aromatic ring is 1. The van der Waals surface area contributed by atoms with Crippen LogP contribution in [0.4, 0.5) is 37.6 Å². The van der Waals surface area contributed by atoms with Crippen molar-refractivity contribution in [1.82, 2.24) is 19.8 Å². The summed E-state index contributed by atoms with van der Waals surface area (Å²) in [7, 11) is 1.24. The third-order valence-electron chi connectivity index (χ3n) is 10.6. The van der Waals surface area contributed by atoms with Gasteiger partial charge >= 0.3 is 12.0 Å². The summed E-state index contributed by atoms with van der Waals surface area (Å²) in [6.45, 7) is 0.528. The van der Waals surface area contributed by atoms with Crippen LogP contribution in [-0.4, -0.2) is 95.5 Å². The first-order valence-corrected chi connectivity index (χ1v) is 18.3. The molecule has 8 rings (SSSR count). The Morgan fingerprint density at radius 3 is 2.67 bits per heavy atom. The first-order chi connectivity index (χ1) is 26.3. The Balaban J connectivity index is 0.000000449. The molecular weight excluding hydrogens is 767 g/mol. The number of urea groups is 1. The quantitative estimate of drug-likeness (QED) is 0.131. The number of halogens is 6. The molecular formula is C36H32ClF5N10O2S. The van der Waals surface area contributed by atoms with Gasteiger partial charge in [0.05, 0.1) is 40.7 Å². The van der Waals surface area contributed by atoms with Gasteiger partial charge in [0.25, 0.3) is 5.92 Å². The molecule has 4 aliphatic heterocycles. The number of anilines is 2. The molecule has 4 saturated heterocycles. The summed E-state index contributed by atoms with van der Waals surface area (Å²) in [6.07, 6.45) is 4.44. The highest BCUT2D eigenvalue weighted by Crippen LogP contribution is 2.52. The highest BCUT2D eigenvalue weighted by atomic mass is 35.5. The van der Waals surface area contributed by atoms with Crippen LogP contribution in [0, 0.1) is 34.3 Å². The summed E-state index contributed by atoms with van der Waals surface area (Å²) in [6, 6.07) is 6.72. The van der Waals surface area contributed by atoms with Crippen molar-refractivity contribution in [3.05, 3.63) is 52.2 Å². The van der Waals surface area contributed by atoms with Gasteiger partial charge in [-0.25, -0.2) is 31.7 Å². The van der Waals surface area contributed by atoms with Gasteiger partial charge in [0.1, 0.15) is 46.0 Å². The Bertz CT molecular complexity index is 2370. The van der Waals surface area contributed by atoms with E-state index in [-0.39, 0.29) is 78.1 Å². The van der Waals surface area contributed by atoms with Gasteiger partial charge in [0, 0.05) is 48.2 Å². The molecule has 0 radical (unpaired) electrons. The SMILES string of the molecule is COc1nc(N2CCC3(C2)N(C(=O)/N=C/C(C#N)=C\N)CC3(F)F)c2cc(Cl)c(-c3ccc(F)c4sc(N)c(C#N)c34)c(F)c2n1.FC1CC2CCCN2C1. The Morgan fingerprint density at radius 1 is 1.22 bits per heavy atom. The lowest BCUT2D eigenvalue weighted by atomic mass is 9.80. The number of hydrogen-bond donors (Lipinski definition) is 2. The van der Waals surface area contributed by atoms with Crippen molar-refractivity contribution < 1.29 is 31.5 Å². The normalized spacial score (nSPS) is 23.2. The zero-order chi connectivity index (χ0) is 39.4. The zero-order valence-electron chi connectivity index (χ0n) is 29.1. The third-order valence-corrected chi connectivity index (χ3v) is 12.0. The molecule has 55 heavy (non-hydrogen) atoms. The highest BCUT2D eigenvalue weighted by molar-refractivity contribution is 7.23. The molecule has 4 fully saturated rings. The van der Waals surface area contributed by atoms with E-state index in [0.717, 1.165) is 47.7 Å². The lowest BCUT2D eigenvalue weighted by Crippen LogP contribution is -2.77. The molecule has 0 aliphatic carbocycles. The molecule has 12 nitrogen and oxygen atoms in total. The number of benzene rings is 2. The summed E-state index contributed by atoms with van der Waals surface area (Å²) in [5.41, 5.74) is 8.73. The fraction of sp³-hybridized carbons (Fsp3) is 0.389. The van der Waals surface area contributed by atoms with Crippen molar-refractivity contribution in [2.75, 3.05) is 50.5 Å². The Hall–Kier alpha value is -5.30. The summed E-state index contributed by atoms with van der Waals surface area (Å²) in [4.78, 5) is 29.6.